The lowest BCUT2D eigenvalue weighted by molar-refractivity contribution is -0.144. The molecule has 0 spiro atoms. The largest absolute Gasteiger partial charge is 0.463 e. The van der Waals surface area contributed by atoms with Crippen LogP contribution in [0.1, 0.15) is 65.1 Å². The fourth-order valence-corrected chi connectivity index (χ4v) is 2.06. The molecule has 0 bridgehead atoms. The van der Waals surface area contributed by atoms with Crippen molar-refractivity contribution in [2.75, 3.05) is 13.1 Å². The molecule has 0 amide bonds. The van der Waals surface area contributed by atoms with E-state index in [4.69, 9.17) is 6.85 Å². The van der Waals surface area contributed by atoms with Crippen LogP contribution in [0.25, 0.3) is 0 Å². The molecular formula is C25H36O3. The van der Waals surface area contributed by atoms with Gasteiger partial charge in [-0.3, -0.25) is 4.79 Å². The van der Waals surface area contributed by atoms with E-state index in [0.29, 0.717) is 6.42 Å². The molecule has 3 heteroatoms. The van der Waals surface area contributed by atoms with E-state index in [-0.39, 0.29) is 6.42 Å². The zero-order valence-electron chi connectivity index (χ0n) is 21.8. The van der Waals surface area contributed by atoms with Gasteiger partial charge in [0.05, 0.1) is 13.4 Å². The highest BCUT2D eigenvalue weighted by Gasteiger charge is 2.23. The Morgan fingerprint density at radius 3 is 1.79 bits per heavy atom. The average Bonchev–Trinajstić information content (AvgIpc) is 3.29. The number of hydrogen-bond donors (Lipinski definition) is 0. The Labute approximate surface area is 178 Å². The molecule has 1 rings (SSSR count). The molecule has 0 aromatic carbocycles. The summed E-state index contributed by atoms with van der Waals surface area (Å²) in [4.78, 5) is 11.7. The third kappa shape index (κ3) is 17.3. The first-order chi connectivity index (χ1) is 15.7. The number of esters is 1. The van der Waals surface area contributed by atoms with E-state index in [1.165, 1.54) is 0 Å². The maximum Gasteiger partial charge on any atom is 0.306 e. The quantitative estimate of drug-likeness (QED) is 0.174. The predicted molar refractivity (Wildman–Crippen MR) is 118 cm³/mol. The van der Waals surface area contributed by atoms with Gasteiger partial charge in [0.1, 0.15) is 12.6 Å². The second kappa shape index (κ2) is 18.2. The highest BCUT2D eigenvalue weighted by atomic mass is 16.6. The Hall–Kier alpha value is -2.13. The highest BCUT2D eigenvalue weighted by molar-refractivity contribution is 5.69. The normalized spacial score (nSPS) is 25.0. The van der Waals surface area contributed by atoms with Gasteiger partial charge in [0, 0.05) is 6.42 Å². The number of epoxide rings is 1. The standard InChI is InChI=1S/C25H36O3/c1-2-3-4-5-6-7-8-9-10-11-12-13-14-15-16-17-18-19-20-21-25(26)28-23-24-22-27-24/h3-4,6-7,9-10,12-13,15-16,18-19,24H,2,5,8,11,14,17,20-23H2,1H3/b4-3-,7-6-,10-9-,13-12-,16-15-,19-18-/i22D2,23D2,24D. The summed E-state index contributed by atoms with van der Waals surface area (Å²) in [5.74, 6) is -0.836. The van der Waals surface area contributed by atoms with Crippen molar-refractivity contribution in [3.05, 3.63) is 72.9 Å². The second-order valence-electron chi connectivity index (χ2n) is 6.06. The molecule has 0 radical (unpaired) electrons. The molecule has 0 aromatic heterocycles. The molecule has 1 unspecified atom stereocenters. The van der Waals surface area contributed by atoms with Crippen molar-refractivity contribution in [3.63, 3.8) is 0 Å². The first-order valence-electron chi connectivity index (χ1n) is 12.5. The summed E-state index contributed by atoms with van der Waals surface area (Å²) >= 11 is 0. The highest BCUT2D eigenvalue weighted by Crippen LogP contribution is 2.09. The van der Waals surface area contributed by atoms with E-state index >= 15 is 0 Å². The fourth-order valence-electron chi connectivity index (χ4n) is 2.06. The molecule has 154 valence electrons. The van der Waals surface area contributed by atoms with E-state index < -0.39 is 25.2 Å². The number of carbonyl (C=O) groups is 1. The molecular weight excluding hydrogens is 348 g/mol. The molecule has 1 heterocycles. The van der Waals surface area contributed by atoms with Crippen LogP contribution in [-0.2, 0) is 14.3 Å². The van der Waals surface area contributed by atoms with Gasteiger partial charge in [-0.25, -0.2) is 0 Å². The molecule has 1 atom stereocenters. The molecule has 0 saturated carbocycles. The topological polar surface area (TPSA) is 38.8 Å². The van der Waals surface area contributed by atoms with Crippen LogP contribution in [0.4, 0.5) is 0 Å². The minimum atomic E-state index is -2.84. The number of allylic oxidation sites excluding steroid dienone is 12. The van der Waals surface area contributed by atoms with Gasteiger partial charge in [0.15, 0.2) is 0 Å². The van der Waals surface area contributed by atoms with Gasteiger partial charge in [0.2, 0.25) is 0 Å². The van der Waals surface area contributed by atoms with E-state index in [9.17, 15) is 4.79 Å². The van der Waals surface area contributed by atoms with Crippen LogP contribution >= 0.6 is 0 Å². The number of rotatable bonds is 16. The van der Waals surface area contributed by atoms with Gasteiger partial charge < -0.3 is 9.47 Å². The van der Waals surface area contributed by atoms with E-state index in [1.807, 2.05) is 12.2 Å². The van der Waals surface area contributed by atoms with Gasteiger partial charge in [-0.15, -0.1) is 0 Å². The van der Waals surface area contributed by atoms with Crippen LogP contribution in [0.2, 0.25) is 0 Å². The number of hydrogen-bond acceptors (Lipinski definition) is 3. The Kier molecular flexibility index (Phi) is 10.9. The van der Waals surface area contributed by atoms with Crippen molar-refractivity contribution in [2.24, 2.45) is 0 Å². The van der Waals surface area contributed by atoms with Crippen molar-refractivity contribution in [1.29, 1.82) is 0 Å². The van der Waals surface area contributed by atoms with Gasteiger partial charge >= 0.3 is 5.97 Å². The SMILES string of the molecule is [2H]C([2H])(OC(=O)CC/C=C\C/C=C\C/C=C\C/C=C\C/C=C\C/C=C\CC)C1([2H])OC1([2H])[2H]. The zero-order valence-corrected chi connectivity index (χ0v) is 16.8. The van der Waals surface area contributed by atoms with Crippen LogP contribution in [0, 0.1) is 0 Å². The molecule has 28 heavy (non-hydrogen) atoms. The van der Waals surface area contributed by atoms with E-state index in [0.717, 1.165) is 38.5 Å². The maximum atomic E-state index is 11.7. The number of ether oxygens (including phenoxy) is 2. The summed E-state index contributed by atoms with van der Waals surface area (Å²) in [6.45, 7) is -3.17. The van der Waals surface area contributed by atoms with Crippen LogP contribution < -0.4 is 0 Å². The third-order valence-electron chi connectivity index (χ3n) is 3.57. The van der Waals surface area contributed by atoms with E-state index in [2.05, 4.69) is 71.1 Å². The zero-order chi connectivity index (χ0) is 24.6. The fraction of sp³-hybridized carbons (Fsp3) is 0.480. The van der Waals surface area contributed by atoms with Crippen molar-refractivity contribution < 1.29 is 21.1 Å². The van der Waals surface area contributed by atoms with Crippen molar-refractivity contribution >= 4 is 5.97 Å². The molecule has 0 N–H and O–H groups in total. The lowest BCUT2D eigenvalue weighted by Crippen LogP contribution is -2.08. The summed E-state index contributed by atoms with van der Waals surface area (Å²) in [7, 11) is 0. The van der Waals surface area contributed by atoms with Crippen molar-refractivity contribution in [2.45, 2.75) is 64.4 Å². The average molecular weight is 390 g/mol. The van der Waals surface area contributed by atoms with Crippen LogP contribution in [0.15, 0.2) is 72.9 Å². The smallest absolute Gasteiger partial charge is 0.306 e. The minimum Gasteiger partial charge on any atom is -0.463 e. The van der Waals surface area contributed by atoms with E-state index in [1.54, 1.807) is 6.08 Å². The van der Waals surface area contributed by atoms with Gasteiger partial charge in [-0.2, -0.15) is 0 Å². The van der Waals surface area contributed by atoms with Crippen LogP contribution in [0.3, 0.4) is 0 Å². The van der Waals surface area contributed by atoms with Crippen molar-refractivity contribution in [3.8, 4) is 0 Å². The molecule has 1 saturated heterocycles. The van der Waals surface area contributed by atoms with Gasteiger partial charge in [-0.05, 0) is 44.9 Å². The van der Waals surface area contributed by atoms with Gasteiger partial charge in [0.25, 0.3) is 0 Å². The molecule has 0 aromatic rings. The minimum absolute atomic E-state index is 0.0548. The Morgan fingerprint density at radius 1 is 0.929 bits per heavy atom. The van der Waals surface area contributed by atoms with Crippen LogP contribution in [0.5, 0.6) is 0 Å². The molecule has 3 nitrogen and oxygen atoms in total. The molecule has 1 aliphatic rings. The summed E-state index contributed by atoms with van der Waals surface area (Å²) in [6.07, 6.45) is 28.4. The summed E-state index contributed by atoms with van der Waals surface area (Å²) in [6, 6.07) is 0. The number of carbonyl (C=O) groups excluding carboxylic acids is 1. The Morgan fingerprint density at radius 2 is 1.36 bits per heavy atom. The molecule has 0 aliphatic carbocycles. The molecule has 1 aliphatic heterocycles. The maximum absolute atomic E-state index is 11.7. The monoisotopic (exact) mass is 389 g/mol. The Balaban J connectivity index is 2.06. The van der Waals surface area contributed by atoms with Crippen molar-refractivity contribution in [1.82, 2.24) is 0 Å². The summed E-state index contributed by atoms with van der Waals surface area (Å²) in [5, 5.41) is 0. The lowest BCUT2D eigenvalue weighted by Gasteiger charge is -1.99. The van der Waals surface area contributed by atoms with Crippen LogP contribution in [-0.4, -0.2) is 25.2 Å². The molecule has 1 fully saturated rings. The second-order valence-corrected chi connectivity index (χ2v) is 6.06. The predicted octanol–water partition coefficient (Wildman–Crippen LogP) is 6.41. The Bertz CT molecular complexity index is 766. The third-order valence-corrected chi connectivity index (χ3v) is 3.57. The lowest BCUT2D eigenvalue weighted by atomic mass is 10.2. The first kappa shape index (κ1) is 16.8. The summed E-state index contributed by atoms with van der Waals surface area (Å²) in [5.41, 5.74) is 0. The summed E-state index contributed by atoms with van der Waals surface area (Å²) < 4.78 is 46.2. The first-order valence-corrected chi connectivity index (χ1v) is 9.98. The van der Waals surface area contributed by atoms with Gasteiger partial charge in [-0.1, -0.05) is 79.8 Å².